The number of anilines is 1. The maximum Gasteiger partial charge on any atom is 0.404 e. The molecule has 11 heteroatoms. The summed E-state index contributed by atoms with van der Waals surface area (Å²) < 4.78 is 5.03. The van der Waals surface area contributed by atoms with E-state index in [-0.39, 0.29) is 18.6 Å². The van der Waals surface area contributed by atoms with Gasteiger partial charge in [-0.15, -0.1) is 22.7 Å². The molecule has 0 unspecified atom stereocenters. The van der Waals surface area contributed by atoms with Gasteiger partial charge in [0.15, 0.2) is 5.82 Å². The van der Waals surface area contributed by atoms with Gasteiger partial charge in [-0.2, -0.15) is 0 Å². The van der Waals surface area contributed by atoms with E-state index in [2.05, 4.69) is 20.3 Å². The van der Waals surface area contributed by atoms with Gasteiger partial charge in [-0.1, -0.05) is 6.07 Å². The van der Waals surface area contributed by atoms with Crippen LogP contribution >= 0.6 is 22.7 Å². The number of nitrogens with two attached hydrogens (primary N) is 1. The average molecular weight is 445 g/mol. The van der Waals surface area contributed by atoms with Gasteiger partial charge in [0, 0.05) is 30.7 Å². The zero-order valence-electron chi connectivity index (χ0n) is 16.0. The first-order valence-electron chi connectivity index (χ1n) is 9.38. The van der Waals surface area contributed by atoms with E-state index in [0.29, 0.717) is 43.3 Å². The molecule has 3 aromatic heterocycles. The van der Waals surface area contributed by atoms with Gasteiger partial charge in [0.1, 0.15) is 22.6 Å². The van der Waals surface area contributed by atoms with Crippen molar-refractivity contribution in [2.24, 2.45) is 5.73 Å². The van der Waals surface area contributed by atoms with E-state index in [9.17, 15) is 9.59 Å². The van der Waals surface area contributed by atoms with Gasteiger partial charge in [-0.25, -0.2) is 19.7 Å². The number of primary amides is 1. The van der Waals surface area contributed by atoms with E-state index in [1.54, 1.807) is 12.3 Å². The third-order valence-electron chi connectivity index (χ3n) is 4.57. The number of rotatable bonds is 6. The molecule has 3 N–H and O–H groups in total. The molecule has 3 aromatic rings. The number of piperidine rings is 1. The Hall–Kier alpha value is -2.89. The number of carbonyl (C=O) groups excluding carboxylic acids is 2. The van der Waals surface area contributed by atoms with Gasteiger partial charge in [0.25, 0.3) is 0 Å². The molecule has 0 aliphatic carbocycles. The highest BCUT2D eigenvalue weighted by atomic mass is 32.1. The van der Waals surface area contributed by atoms with Crippen LogP contribution in [0.2, 0.25) is 0 Å². The maximum atomic E-state index is 12.6. The van der Waals surface area contributed by atoms with Crippen molar-refractivity contribution in [2.75, 3.05) is 25.0 Å². The molecule has 0 spiro atoms. The fourth-order valence-corrected chi connectivity index (χ4v) is 4.48. The molecule has 4 heterocycles. The van der Waals surface area contributed by atoms with Gasteiger partial charge in [0.2, 0.25) is 5.91 Å². The number of hydrogen-bond acceptors (Lipinski definition) is 9. The zero-order chi connectivity index (χ0) is 20.9. The highest BCUT2D eigenvalue weighted by Crippen LogP contribution is 2.28. The third-order valence-corrected chi connectivity index (χ3v) is 6.23. The summed E-state index contributed by atoms with van der Waals surface area (Å²) >= 11 is 3.01. The molecular formula is C19H20N6O3S2. The lowest BCUT2D eigenvalue weighted by molar-refractivity contribution is -0.117. The SMILES string of the molecule is NC(=O)OC1CCN(CC(=O)Nc2cc(-c3nccs3)nc(-c3cccs3)n2)CC1. The molecule has 0 atom stereocenters. The lowest BCUT2D eigenvalue weighted by atomic mass is 10.1. The Morgan fingerprint density at radius 2 is 2.07 bits per heavy atom. The van der Waals surface area contributed by atoms with Crippen molar-refractivity contribution in [3.8, 4) is 21.4 Å². The number of carbonyl (C=O) groups is 2. The lowest BCUT2D eigenvalue weighted by Crippen LogP contribution is -2.42. The Labute approximate surface area is 180 Å². The first-order chi connectivity index (χ1) is 14.6. The second kappa shape index (κ2) is 9.28. The van der Waals surface area contributed by atoms with Crippen molar-refractivity contribution in [1.29, 1.82) is 0 Å². The van der Waals surface area contributed by atoms with Crippen molar-refractivity contribution >= 4 is 40.5 Å². The Balaban J connectivity index is 1.43. The molecule has 4 rings (SSSR count). The van der Waals surface area contributed by atoms with E-state index in [1.165, 1.54) is 22.7 Å². The molecule has 9 nitrogen and oxygen atoms in total. The molecular weight excluding hydrogens is 424 g/mol. The number of ether oxygens (including phenoxy) is 1. The van der Waals surface area contributed by atoms with E-state index < -0.39 is 6.09 Å². The van der Waals surface area contributed by atoms with Gasteiger partial charge >= 0.3 is 6.09 Å². The summed E-state index contributed by atoms with van der Waals surface area (Å²) in [5.74, 6) is 0.832. The standard InChI is InChI=1S/C19H20N6O3S2/c20-19(27)28-12-3-6-25(7-4-12)11-16(26)23-15-10-13(18-21-5-9-30-18)22-17(24-15)14-2-1-8-29-14/h1-2,5,8-10,12H,3-4,6-7,11H2,(H2,20,27)(H,22,23,24,26). The van der Waals surface area contributed by atoms with Crippen molar-refractivity contribution in [2.45, 2.75) is 18.9 Å². The van der Waals surface area contributed by atoms with Crippen LogP contribution in [0.3, 0.4) is 0 Å². The van der Waals surface area contributed by atoms with Crippen LogP contribution in [-0.4, -0.2) is 57.6 Å². The molecule has 156 valence electrons. The van der Waals surface area contributed by atoms with Crippen LogP contribution in [0.1, 0.15) is 12.8 Å². The summed E-state index contributed by atoms with van der Waals surface area (Å²) in [6, 6.07) is 5.61. The fourth-order valence-electron chi connectivity index (χ4n) is 3.22. The molecule has 1 saturated heterocycles. The highest BCUT2D eigenvalue weighted by molar-refractivity contribution is 7.13. The number of thiazole rings is 1. The number of aromatic nitrogens is 3. The minimum absolute atomic E-state index is 0.162. The van der Waals surface area contributed by atoms with Crippen LogP contribution in [0.5, 0.6) is 0 Å². The van der Waals surface area contributed by atoms with Crippen LogP contribution in [0.25, 0.3) is 21.4 Å². The highest BCUT2D eigenvalue weighted by Gasteiger charge is 2.23. The Bertz CT molecular complexity index is 949. The number of thiophene rings is 1. The normalized spacial score (nSPS) is 15.1. The van der Waals surface area contributed by atoms with Crippen molar-refractivity contribution < 1.29 is 14.3 Å². The molecule has 0 bridgehead atoms. The smallest absolute Gasteiger partial charge is 0.404 e. The largest absolute Gasteiger partial charge is 0.446 e. The first-order valence-corrected chi connectivity index (χ1v) is 11.1. The molecule has 1 aliphatic rings. The van der Waals surface area contributed by atoms with Crippen molar-refractivity contribution in [1.82, 2.24) is 19.9 Å². The summed E-state index contributed by atoms with van der Waals surface area (Å²) in [5, 5.41) is 7.49. The quantitative estimate of drug-likeness (QED) is 0.599. The third kappa shape index (κ3) is 5.17. The predicted molar refractivity (Wildman–Crippen MR) is 115 cm³/mol. The van der Waals surface area contributed by atoms with Crippen LogP contribution in [0.15, 0.2) is 35.2 Å². The monoisotopic (exact) mass is 444 g/mol. The molecule has 30 heavy (non-hydrogen) atoms. The summed E-state index contributed by atoms with van der Waals surface area (Å²) in [7, 11) is 0. The van der Waals surface area contributed by atoms with Crippen LogP contribution in [-0.2, 0) is 9.53 Å². The van der Waals surface area contributed by atoms with Gasteiger partial charge in [-0.3, -0.25) is 9.69 Å². The van der Waals surface area contributed by atoms with E-state index in [1.807, 2.05) is 27.8 Å². The molecule has 2 amide bonds. The minimum atomic E-state index is -0.757. The second-order valence-electron chi connectivity index (χ2n) is 6.74. The maximum absolute atomic E-state index is 12.6. The zero-order valence-corrected chi connectivity index (χ0v) is 17.6. The summed E-state index contributed by atoms with van der Waals surface area (Å²) in [6.07, 6.45) is 2.09. The van der Waals surface area contributed by atoms with Crippen LogP contribution in [0.4, 0.5) is 10.6 Å². The summed E-state index contributed by atoms with van der Waals surface area (Å²) in [6.45, 7) is 1.54. The van der Waals surface area contributed by atoms with E-state index >= 15 is 0 Å². The topological polar surface area (TPSA) is 123 Å². The van der Waals surface area contributed by atoms with Crippen LogP contribution in [0, 0.1) is 0 Å². The first kappa shape index (κ1) is 20.4. The van der Waals surface area contributed by atoms with Crippen LogP contribution < -0.4 is 11.1 Å². The molecule has 0 saturated carbocycles. The lowest BCUT2D eigenvalue weighted by Gasteiger charge is -2.30. The van der Waals surface area contributed by atoms with Gasteiger partial charge in [-0.05, 0) is 24.3 Å². The predicted octanol–water partition coefficient (Wildman–Crippen LogP) is 2.83. The molecule has 1 aliphatic heterocycles. The molecule has 1 fully saturated rings. The number of likely N-dealkylation sites (tertiary alicyclic amines) is 1. The Morgan fingerprint density at radius 3 is 2.73 bits per heavy atom. The van der Waals surface area contributed by atoms with E-state index in [4.69, 9.17) is 10.5 Å². The fraction of sp³-hybridized carbons (Fsp3) is 0.316. The second-order valence-corrected chi connectivity index (χ2v) is 8.58. The number of hydrogen-bond donors (Lipinski definition) is 2. The summed E-state index contributed by atoms with van der Waals surface area (Å²) in [4.78, 5) is 39.8. The number of nitrogens with one attached hydrogen (secondary N) is 1. The summed E-state index contributed by atoms with van der Waals surface area (Å²) in [5.41, 5.74) is 5.73. The van der Waals surface area contributed by atoms with E-state index in [0.717, 1.165) is 9.88 Å². The minimum Gasteiger partial charge on any atom is -0.446 e. The number of nitrogens with zero attached hydrogens (tertiary/aromatic N) is 4. The van der Waals surface area contributed by atoms with Gasteiger partial charge < -0.3 is 15.8 Å². The van der Waals surface area contributed by atoms with Gasteiger partial charge in [0.05, 0.1) is 11.4 Å². The van der Waals surface area contributed by atoms with Crippen molar-refractivity contribution in [3.63, 3.8) is 0 Å². The van der Waals surface area contributed by atoms with Crippen molar-refractivity contribution in [3.05, 3.63) is 35.2 Å². The molecule has 0 radical (unpaired) electrons. The molecule has 0 aromatic carbocycles. The Morgan fingerprint density at radius 1 is 1.23 bits per heavy atom. The average Bonchev–Trinajstić information content (AvgIpc) is 3.43. The number of amides is 2. The Kier molecular flexibility index (Phi) is 6.31.